The average molecular weight is 620 g/mol. The minimum absolute atomic E-state index is 0.0491. The number of carbonyl (C=O) groups is 2. The highest BCUT2D eigenvalue weighted by Crippen LogP contribution is 2.37. The molecule has 0 spiro atoms. The zero-order valence-corrected chi connectivity index (χ0v) is 25.1. The summed E-state index contributed by atoms with van der Waals surface area (Å²) < 4.78 is 46.6. The Morgan fingerprint density at radius 2 is 1.84 bits per heavy atom. The number of benzene rings is 2. The van der Waals surface area contributed by atoms with Gasteiger partial charge in [0, 0.05) is 58.0 Å². The highest BCUT2D eigenvalue weighted by Gasteiger charge is 2.29. The van der Waals surface area contributed by atoms with E-state index in [1.807, 2.05) is 4.90 Å². The number of anilines is 1. The zero-order valence-electron chi connectivity index (χ0n) is 25.1. The van der Waals surface area contributed by atoms with E-state index >= 15 is 4.39 Å². The maximum Gasteiger partial charge on any atom is 0.219 e. The number of nitrogens with one attached hydrogen (secondary N) is 2. The molecule has 2 saturated heterocycles. The number of hydrogen-bond donors (Lipinski definition) is 2. The molecule has 2 aromatic heterocycles. The summed E-state index contributed by atoms with van der Waals surface area (Å²) in [5.74, 6) is -1.38. The maximum absolute atomic E-state index is 15.3. The predicted molar refractivity (Wildman–Crippen MR) is 164 cm³/mol. The summed E-state index contributed by atoms with van der Waals surface area (Å²) in [6.07, 6.45) is 4.83. The lowest BCUT2D eigenvalue weighted by Gasteiger charge is -2.38. The molecule has 45 heavy (non-hydrogen) atoms. The Morgan fingerprint density at radius 1 is 1.04 bits per heavy atom. The van der Waals surface area contributed by atoms with Crippen LogP contribution in [0.1, 0.15) is 35.7 Å². The SMILES string of the molecule is COc1cnc2[nH]cc(C(=O)c3ccc(Oc4ccccc4F)cc3F)c2c1N[C@@H]1CC[C@@H](CN2CCN(C(C)=O)CC2)OC1. The van der Waals surface area contributed by atoms with Gasteiger partial charge in [-0.2, -0.15) is 0 Å². The minimum atomic E-state index is -0.803. The third-order valence-corrected chi connectivity index (χ3v) is 8.38. The number of pyridine rings is 1. The van der Waals surface area contributed by atoms with Crippen molar-refractivity contribution in [1.82, 2.24) is 19.8 Å². The van der Waals surface area contributed by atoms with Gasteiger partial charge in [0.2, 0.25) is 5.91 Å². The van der Waals surface area contributed by atoms with Crippen LogP contribution in [0.3, 0.4) is 0 Å². The van der Waals surface area contributed by atoms with Gasteiger partial charge in [0.15, 0.2) is 23.1 Å². The number of ether oxygens (including phenoxy) is 3. The van der Waals surface area contributed by atoms with E-state index in [1.54, 1.807) is 19.2 Å². The molecule has 4 aromatic rings. The van der Waals surface area contributed by atoms with Crippen molar-refractivity contribution >= 4 is 28.4 Å². The smallest absolute Gasteiger partial charge is 0.219 e. The van der Waals surface area contributed by atoms with Crippen molar-refractivity contribution in [3.63, 3.8) is 0 Å². The number of fused-ring (bicyclic) bond motifs is 1. The van der Waals surface area contributed by atoms with Crippen molar-refractivity contribution in [3.8, 4) is 17.2 Å². The molecular formula is C33H35F2N5O5. The van der Waals surface area contributed by atoms with Gasteiger partial charge >= 0.3 is 0 Å². The number of piperazine rings is 1. The van der Waals surface area contributed by atoms with E-state index in [-0.39, 0.29) is 40.7 Å². The molecule has 2 fully saturated rings. The number of H-pyrrole nitrogens is 1. The molecule has 0 unspecified atom stereocenters. The predicted octanol–water partition coefficient (Wildman–Crippen LogP) is 5.00. The molecule has 2 aliphatic heterocycles. The molecule has 1 amide bonds. The molecule has 2 aliphatic rings. The van der Waals surface area contributed by atoms with Crippen LogP contribution in [-0.2, 0) is 9.53 Å². The van der Waals surface area contributed by atoms with Crippen molar-refractivity contribution < 1.29 is 32.6 Å². The summed E-state index contributed by atoms with van der Waals surface area (Å²) in [6, 6.07) is 9.56. The van der Waals surface area contributed by atoms with Gasteiger partial charge in [0.25, 0.3) is 0 Å². The molecule has 0 radical (unpaired) electrons. The summed E-state index contributed by atoms with van der Waals surface area (Å²) in [5, 5.41) is 3.99. The van der Waals surface area contributed by atoms with Crippen LogP contribution < -0.4 is 14.8 Å². The van der Waals surface area contributed by atoms with E-state index in [9.17, 15) is 14.0 Å². The van der Waals surface area contributed by atoms with Gasteiger partial charge in [-0.25, -0.2) is 13.8 Å². The van der Waals surface area contributed by atoms with Crippen LogP contribution >= 0.6 is 0 Å². The van der Waals surface area contributed by atoms with Crippen LogP contribution in [0.2, 0.25) is 0 Å². The van der Waals surface area contributed by atoms with Crippen LogP contribution in [0.4, 0.5) is 14.5 Å². The van der Waals surface area contributed by atoms with Crippen molar-refractivity contribution in [2.45, 2.75) is 31.9 Å². The Labute approximate surface area is 259 Å². The molecule has 0 bridgehead atoms. The number of halogens is 2. The fraction of sp³-hybridized carbons (Fsp3) is 0.364. The molecule has 12 heteroatoms. The fourth-order valence-corrected chi connectivity index (χ4v) is 5.90. The Hall–Kier alpha value is -4.55. The second-order valence-corrected chi connectivity index (χ2v) is 11.3. The van der Waals surface area contributed by atoms with Crippen LogP contribution in [0.5, 0.6) is 17.2 Å². The lowest BCUT2D eigenvalue weighted by atomic mass is 10.0. The van der Waals surface area contributed by atoms with Crippen molar-refractivity contribution in [2.75, 3.05) is 51.8 Å². The van der Waals surface area contributed by atoms with Crippen LogP contribution in [0.25, 0.3) is 11.0 Å². The van der Waals surface area contributed by atoms with Gasteiger partial charge in [-0.3, -0.25) is 14.5 Å². The maximum atomic E-state index is 15.3. The zero-order chi connectivity index (χ0) is 31.5. The number of ketones is 1. The molecule has 2 N–H and O–H groups in total. The highest BCUT2D eigenvalue weighted by atomic mass is 19.1. The Kier molecular flexibility index (Phi) is 8.95. The number of carbonyl (C=O) groups excluding carboxylic acids is 2. The van der Waals surface area contributed by atoms with Gasteiger partial charge in [-0.15, -0.1) is 0 Å². The Morgan fingerprint density at radius 3 is 2.53 bits per heavy atom. The normalized spacial score (nSPS) is 19.0. The van der Waals surface area contributed by atoms with Crippen LogP contribution in [-0.4, -0.2) is 90.0 Å². The molecule has 10 nitrogen and oxygen atoms in total. The third kappa shape index (κ3) is 6.62. The standard InChI is InChI=1S/C33H35F2N5O5/c1-20(41)40-13-11-39(12-14-40)18-23-8-7-21(19-44-23)38-31-29(43-2)17-37-33-30(31)25(16-36-33)32(42)24-10-9-22(15-27(24)35)45-28-6-4-3-5-26(28)34/h3-6,9-10,15-17,21,23H,7-8,11-14,18-19H2,1-2H3,(H2,36,37,38)/t21-,23+/m1/s1. The van der Waals surface area contributed by atoms with Gasteiger partial charge in [-0.1, -0.05) is 12.1 Å². The molecule has 4 heterocycles. The largest absolute Gasteiger partial charge is 0.493 e. The van der Waals surface area contributed by atoms with Crippen molar-refractivity contribution in [3.05, 3.63) is 77.6 Å². The first-order chi connectivity index (χ1) is 21.8. The number of aromatic amines is 1. The van der Waals surface area contributed by atoms with Gasteiger partial charge in [0.1, 0.15) is 17.2 Å². The topological polar surface area (TPSA) is 109 Å². The number of hydrogen-bond acceptors (Lipinski definition) is 8. The number of aromatic nitrogens is 2. The van der Waals surface area contributed by atoms with Crippen molar-refractivity contribution in [2.24, 2.45) is 0 Å². The summed E-state index contributed by atoms with van der Waals surface area (Å²) in [6.45, 7) is 6.00. The highest BCUT2D eigenvalue weighted by molar-refractivity contribution is 6.19. The van der Waals surface area contributed by atoms with Gasteiger partial charge in [0.05, 0.1) is 48.2 Å². The fourth-order valence-electron chi connectivity index (χ4n) is 5.90. The van der Waals surface area contributed by atoms with Crippen LogP contribution in [0, 0.1) is 11.6 Å². The molecule has 236 valence electrons. The third-order valence-electron chi connectivity index (χ3n) is 8.38. The first-order valence-corrected chi connectivity index (χ1v) is 15.0. The number of para-hydroxylation sites is 1. The Bertz CT molecular complexity index is 1700. The molecule has 0 aliphatic carbocycles. The van der Waals surface area contributed by atoms with Gasteiger partial charge < -0.3 is 29.4 Å². The lowest BCUT2D eigenvalue weighted by Crippen LogP contribution is -2.51. The summed E-state index contributed by atoms with van der Waals surface area (Å²) in [7, 11) is 1.52. The monoisotopic (exact) mass is 619 g/mol. The quantitative estimate of drug-likeness (QED) is 0.252. The summed E-state index contributed by atoms with van der Waals surface area (Å²) in [4.78, 5) is 36.9. The van der Waals surface area contributed by atoms with Gasteiger partial charge in [-0.05, 0) is 37.1 Å². The second-order valence-electron chi connectivity index (χ2n) is 11.3. The first kappa shape index (κ1) is 30.5. The summed E-state index contributed by atoms with van der Waals surface area (Å²) in [5.41, 5.74) is 1.07. The molecule has 0 saturated carbocycles. The van der Waals surface area contributed by atoms with E-state index < -0.39 is 17.4 Å². The van der Waals surface area contributed by atoms with E-state index in [2.05, 4.69) is 20.2 Å². The van der Waals surface area contributed by atoms with Crippen molar-refractivity contribution in [1.29, 1.82) is 0 Å². The first-order valence-electron chi connectivity index (χ1n) is 15.0. The number of amides is 1. The average Bonchev–Trinajstić information content (AvgIpc) is 3.48. The molecular weight excluding hydrogens is 584 g/mol. The van der Waals surface area contributed by atoms with E-state index in [4.69, 9.17) is 14.2 Å². The second kappa shape index (κ2) is 13.2. The van der Waals surface area contributed by atoms with E-state index in [0.717, 1.165) is 51.6 Å². The molecule has 2 aromatic carbocycles. The molecule has 2 atom stereocenters. The van der Waals surface area contributed by atoms with E-state index in [1.165, 1.54) is 43.6 Å². The lowest BCUT2D eigenvalue weighted by molar-refractivity contribution is -0.130. The number of nitrogens with zero attached hydrogens (tertiary/aromatic N) is 3. The Balaban J connectivity index is 1.16. The van der Waals surface area contributed by atoms with Crippen LogP contribution in [0.15, 0.2) is 54.9 Å². The minimum Gasteiger partial charge on any atom is -0.493 e. The van der Waals surface area contributed by atoms with E-state index in [0.29, 0.717) is 29.1 Å². The summed E-state index contributed by atoms with van der Waals surface area (Å²) >= 11 is 0. The molecule has 6 rings (SSSR count). The number of rotatable bonds is 9. The number of methoxy groups -OCH3 is 1.